The van der Waals surface area contributed by atoms with Crippen molar-refractivity contribution in [1.82, 2.24) is 5.32 Å². The lowest BCUT2D eigenvalue weighted by Gasteiger charge is -2.28. The van der Waals surface area contributed by atoms with Crippen molar-refractivity contribution in [1.29, 1.82) is 0 Å². The number of aliphatic hydroxyl groups excluding tert-OH is 1. The summed E-state index contributed by atoms with van der Waals surface area (Å²) in [6, 6.07) is 0.0399. The molecule has 5 nitrogen and oxygen atoms in total. The molecule has 5 heteroatoms. The van der Waals surface area contributed by atoms with Gasteiger partial charge in [0.25, 0.3) is 0 Å². The molecule has 2 bridgehead atoms. The molecule has 0 aromatic heterocycles. The van der Waals surface area contributed by atoms with Crippen LogP contribution in [0.5, 0.6) is 0 Å². The predicted molar refractivity (Wildman–Crippen MR) is 144 cm³/mol. The maximum absolute atomic E-state index is 12.8. The van der Waals surface area contributed by atoms with Gasteiger partial charge in [-0.2, -0.15) is 0 Å². The molecule has 0 aromatic rings. The van der Waals surface area contributed by atoms with E-state index in [9.17, 15) is 9.90 Å². The van der Waals surface area contributed by atoms with Crippen LogP contribution in [0.4, 0.5) is 0 Å². The Morgan fingerprint density at radius 2 is 2.03 bits per heavy atom. The maximum Gasteiger partial charge on any atom is 0.243 e. The van der Waals surface area contributed by atoms with Crippen molar-refractivity contribution in [3.05, 3.63) is 60.3 Å². The number of aliphatic hydroxyl groups is 1. The SMILES string of the molecule is C=C1C[C@H](C)C[C@@H]2CC=C[C@@H](C/C=C/C(=O)N[C@H](C/C=C/[C@@H]3CC(C)=CCO3)C[C@H]3C[C@H]3[C@@H](O)C1)O2. The van der Waals surface area contributed by atoms with Gasteiger partial charge in [0.15, 0.2) is 0 Å². The first-order valence-corrected chi connectivity index (χ1v) is 13.9. The lowest BCUT2D eigenvalue weighted by atomic mass is 9.90. The van der Waals surface area contributed by atoms with Crippen molar-refractivity contribution >= 4 is 5.91 Å². The van der Waals surface area contributed by atoms with Gasteiger partial charge in [0.1, 0.15) is 0 Å². The molecule has 0 aromatic carbocycles. The number of rotatable bonds is 3. The van der Waals surface area contributed by atoms with Gasteiger partial charge in [0, 0.05) is 6.04 Å². The van der Waals surface area contributed by atoms with Gasteiger partial charge in [0.05, 0.1) is 31.0 Å². The summed E-state index contributed by atoms with van der Waals surface area (Å²) >= 11 is 0. The monoisotopic (exact) mass is 495 g/mol. The van der Waals surface area contributed by atoms with Crippen LogP contribution < -0.4 is 5.32 Å². The molecule has 8 atom stereocenters. The number of hydrogen-bond donors (Lipinski definition) is 2. The van der Waals surface area contributed by atoms with E-state index in [2.05, 4.69) is 56.1 Å². The average molecular weight is 496 g/mol. The Kier molecular flexibility index (Phi) is 9.80. The van der Waals surface area contributed by atoms with Crippen molar-refractivity contribution in [2.75, 3.05) is 6.61 Å². The smallest absolute Gasteiger partial charge is 0.243 e. The van der Waals surface area contributed by atoms with E-state index in [4.69, 9.17) is 9.47 Å². The van der Waals surface area contributed by atoms with Crippen molar-refractivity contribution in [2.24, 2.45) is 17.8 Å². The molecule has 0 unspecified atom stereocenters. The third-order valence-electron chi connectivity index (χ3n) is 8.00. The highest BCUT2D eigenvalue weighted by Gasteiger charge is 2.43. The number of carbonyl (C=O) groups is 1. The second-order valence-electron chi connectivity index (χ2n) is 11.6. The van der Waals surface area contributed by atoms with E-state index in [-0.39, 0.29) is 36.4 Å². The summed E-state index contributed by atoms with van der Waals surface area (Å²) in [6.07, 6.45) is 22.1. The first-order valence-electron chi connectivity index (χ1n) is 13.9. The van der Waals surface area contributed by atoms with Crippen LogP contribution in [0, 0.1) is 17.8 Å². The number of fused-ring (bicyclic) bond motifs is 3. The molecule has 1 aliphatic carbocycles. The van der Waals surface area contributed by atoms with Crippen LogP contribution in [-0.2, 0) is 14.3 Å². The first kappa shape index (κ1) is 27.1. The molecule has 198 valence electrons. The van der Waals surface area contributed by atoms with Crippen LogP contribution in [-0.4, -0.2) is 48.1 Å². The van der Waals surface area contributed by atoms with Gasteiger partial charge in [-0.25, -0.2) is 0 Å². The molecule has 4 rings (SSSR count). The Bertz CT molecular complexity index is 887. The Balaban J connectivity index is 1.40. The Labute approximate surface area is 217 Å². The molecule has 1 amide bonds. The van der Waals surface area contributed by atoms with E-state index in [1.807, 2.05) is 6.08 Å². The molecule has 3 heterocycles. The van der Waals surface area contributed by atoms with Crippen LogP contribution in [0.25, 0.3) is 0 Å². The molecular weight excluding hydrogens is 450 g/mol. The van der Waals surface area contributed by atoms with Gasteiger partial charge >= 0.3 is 0 Å². The number of carbonyl (C=O) groups excluding carboxylic acids is 1. The van der Waals surface area contributed by atoms with E-state index in [1.54, 1.807) is 6.08 Å². The van der Waals surface area contributed by atoms with Crippen LogP contribution >= 0.6 is 0 Å². The largest absolute Gasteiger partial charge is 0.392 e. The quantitative estimate of drug-likeness (QED) is 0.502. The van der Waals surface area contributed by atoms with Crippen molar-refractivity contribution in [3.8, 4) is 0 Å². The molecule has 4 aliphatic rings. The summed E-state index contributed by atoms with van der Waals surface area (Å²) in [5.74, 6) is 1.16. The van der Waals surface area contributed by atoms with Gasteiger partial charge < -0.3 is 19.9 Å². The van der Waals surface area contributed by atoms with E-state index in [0.29, 0.717) is 37.2 Å². The van der Waals surface area contributed by atoms with Crippen molar-refractivity contribution in [3.63, 3.8) is 0 Å². The highest BCUT2D eigenvalue weighted by molar-refractivity contribution is 5.87. The third kappa shape index (κ3) is 8.57. The van der Waals surface area contributed by atoms with E-state index in [1.165, 1.54) is 5.57 Å². The Morgan fingerprint density at radius 3 is 2.86 bits per heavy atom. The summed E-state index contributed by atoms with van der Waals surface area (Å²) in [5.41, 5.74) is 2.50. The standard InChI is InChI=1S/C31H45NO4/c1-21-13-14-35-27(16-21)10-4-7-25-19-24-20-29(24)30(33)18-23(3)15-22(2)17-28-11-5-8-26(36-28)9-6-12-31(34)32-25/h4-6,8,10,12-13,22,24-30,33H,3,7,9,11,14-20H2,1-2H3,(H,32,34)/b10-4+,12-6+/t22-,24-,25+,26-,27+,28-,29+,30-/m0/s1. The molecule has 0 spiro atoms. The zero-order chi connectivity index (χ0) is 25.5. The van der Waals surface area contributed by atoms with Gasteiger partial charge in [-0.3, -0.25) is 4.79 Å². The first-order chi connectivity index (χ1) is 17.4. The summed E-state index contributed by atoms with van der Waals surface area (Å²) in [5, 5.41) is 14.1. The summed E-state index contributed by atoms with van der Waals surface area (Å²) in [6.45, 7) is 9.35. The number of amides is 1. The van der Waals surface area contributed by atoms with Crippen LogP contribution in [0.15, 0.2) is 60.3 Å². The fourth-order valence-electron chi connectivity index (χ4n) is 6.01. The number of ether oxygens (including phenoxy) is 2. The zero-order valence-electron chi connectivity index (χ0n) is 22.1. The van der Waals surface area contributed by atoms with Crippen molar-refractivity contribution < 1.29 is 19.4 Å². The zero-order valence-corrected chi connectivity index (χ0v) is 22.1. The minimum absolute atomic E-state index is 0.0165. The summed E-state index contributed by atoms with van der Waals surface area (Å²) < 4.78 is 12.1. The fourth-order valence-corrected chi connectivity index (χ4v) is 6.01. The molecule has 1 fully saturated rings. The lowest BCUT2D eigenvalue weighted by Crippen LogP contribution is -2.34. The number of hydrogen-bond acceptors (Lipinski definition) is 4. The van der Waals surface area contributed by atoms with E-state index in [0.717, 1.165) is 50.5 Å². The van der Waals surface area contributed by atoms with Crippen molar-refractivity contribution in [2.45, 2.75) is 102 Å². The molecular formula is C31H45NO4. The van der Waals surface area contributed by atoms with Crippen LogP contribution in [0.3, 0.4) is 0 Å². The van der Waals surface area contributed by atoms with Crippen LogP contribution in [0.1, 0.15) is 71.6 Å². The fraction of sp³-hybridized carbons (Fsp3) is 0.645. The van der Waals surface area contributed by atoms with Gasteiger partial charge in [-0.05, 0) is 88.5 Å². The topological polar surface area (TPSA) is 67.8 Å². The molecule has 0 radical (unpaired) electrons. The van der Waals surface area contributed by atoms with E-state index < -0.39 is 0 Å². The molecule has 1 saturated carbocycles. The lowest BCUT2D eigenvalue weighted by molar-refractivity contribution is -0.117. The highest BCUT2D eigenvalue weighted by atomic mass is 16.5. The molecule has 2 N–H and O–H groups in total. The predicted octanol–water partition coefficient (Wildman–Crippen LogP) is 5.58. The maximum atomic E-state index is 12.8. The third-order valence-corrected chi connectivity index (χ3v) is 8.00. The van der Waals surface area contributed by atoms with Crippen LogP contribution in [0.2, 0.25) is 0 Å². The summed E-state index contributed by atoms with van der Waals surface area (Å²) in [4.78, 5) is 12.8. The average Bonchev–Trinajstić information content (AvgIpc) is 3.58. The molecule has 3 aliphatic heterocycles. The summed E-state index contributed by atoms with van der Waals surface area (Å²) in [7, 11) is 0. The Hall–Kier alpha value is -1.95. The molecule has 0 saturated heterocycles. The Morgan fingerprint density at radius 1 is 1.17 bits per heavy atom. The second kappa shape index (κ2) is 13.0. The van der Waals surface area contributed by atoms with Gasteiger partial charge in [-0.1, -0.05) is 61.1 Å². The second-order valence-corrected chi connectivity index (χ2v) is 11.6. The minimum atomic E-state index is -0.344. The minimum Gasteiger partial charge on any atom is -0.392 e. The normalized spacial score (nSPS) is 39.5. The number of nitrogens with one attached hydrogen (secondary N) is 1. The van der Waals surface area contributed by atoms with Gasteiger partial charge in [0.2, 0.25) is 5.91 Å². The molecule has 36 heavy (non-hydrogen) atoms. The van der Waals surface area contributed by atoms with Gasteiger partial charge in [-0.15, -0.1) is 0 Å². The van der Waals surface area contributed by atoms with E-state index >= 15 is 0 Å². The highest BCUT2D eigenvalue weighted by Crippen LogP contribution is 2.46.